The van der Waals surface area contributed by atoms with Crippen LogP contribution in [-0.4, -0.2) is 65.4 Å². The Hall–Kier alpha value is -2.84. The highest BCUT2D eigenvalue weighted by Crippen LogP contribution is 2.39. The van der Waals surface area contributed by atoms with Crippen LogP contribution in [0, 0.1) is 19.3 Å². The lowest BCUT2D eigenvalue weighted by Gasteiger charge is -2.36. The molecule has 29 heavy (non-hydrogen) atoms. The maximum atomic E-state index is 13.1. The van der Waals surface area contributed by atoms with Crippen LogP contribution in [0.25, 0.3) is 11.3 Å². The monoisotopic (exact) mass is 400 g/mol. The molecular weight excluding hydrogens is 372 g/mol. The molecule has 1 spiro atoms. The standard InChI is InChI=1S/C20H28N6O3/c1-12-15(14-13(2)22-25(5)17(14)24(3)4)23-29-16(12)18(27)26-10-7-20(8-11-26)6-9-21-19(20)28/h6-11H2,1-5H3,(H,21,28). The fraction of sp³-hybridized carbons (Fsp3) is 0.600. The molecule has 2 aliphatic rings. The maximum absolute atomic E-state index is 13.1. The first-order valence-electron chi connectivity index (χ1n) is 10.0. The highest BCUT2D eigenvalue weighted by molar-refractivity contribution is 5.95. The van der Waals surface area contributed by atoms with Crippen LogP contribution in [0.5, 0.6) is 0 Å². The summed E-state index contributed by atoms with van der Waals surface area (Å²) in [5.41, 5.74) is 2.77. The quantitative estimate of drug-likeness (QED) is 0.839. The Morgan fingerprint density at radius 2 is 1.90 bits per heavy atom. The second-order valence-corrected chi connectivity index (χ2v) is 8.37. The van der Waals surface area contributed by atoms with E-state index in [0.717, 1.165) is 30.0 Å². The fourth-order valence-corrected chi connectivity index (χ4v) is 4.68. The second-order valence-electron chi connectivity index (χ2n) is 8.37. The summed E-state index contributed by atoms with van der Waals surface area (Å²) >= 11 is 0. The topological polar surface area (TPSA) is 96.5 Å². The van der Waals surface area contributed by atoms with Crippen molar-refractivity contribution in [1.29, 1.82) is 0 Å². The normalized spacial score (nSPS) is 18.4. The van der Waals surface area contributed by atoms with Gasteiger partial charge in [0.05, 0.1) is 16.7 Å². The fourth-order valence-electron chi connectivity index (χ4n) is 4.68. The largest absolute Gasteiger partial charge is 0.362 e. The number of carbonyl (C=O) groups excluding carboxylic acids is 2. The van der Waals surface area contributed by atoms with Crippen molar-refractivity contribution in [3.8, 4) is 11.3 Å². The van der Waals surface area contributed by atoms with Gasteiger partial charge < -0.3 is 19.6 Å². The molecule has 0 radical (unpaired) electrons. The van der Waals surface area contributed by atoms with Crippen molar-refractivity contribution in [2.24, 2.45) is 12.5 Å². The number of amides is 2. The van der Waals surface area contributed by atoms with E-state index in [1.54, 1.807) is 9.58 Å². The van der Waals surface area contributed by atoms with E-state index < -0.39 is 0 Å². The molecule has 1 N–H and O–H groups in total. The predicted molar refractivity (Wildman–Crippen MR) is 108 cm³/mol. The summed E-state index contributed by atoms with van der Waals surface area (Å²) < 4.78 is 7.33. The van der Waals surface area contributed by atoms with Crippen LogP contribution >= 0.6 is 0 Å². The number of aryl methyl sites for hydroxylation is 2. The molecule has 0 aliphatic carbocycles. The summed E-state index contributed by atoms with van der Waals surface area (Å²) in [5, 5.41) is 11.7. The summed E-state index contributed by atoms with van der Waals surface area (Å²) in [4.78, 5) is 29.0. The Bertz CT molecular complexity index is 965. The van der Waals surface area contributed by atoms with Gasteiger partial charge in [0.15, 0.2) is 0 Å². The Morgan fingerprint density at radius 3 is 2.48 bits per heavy atom. The number of likely N-dealkylation sites (tertiary alicyclic amines) is 1. The van der Waals surface area contributed by atoms with Gasteiger partial charge >= 0.3 is 0 Å². The van der Waals surface area contributed by atoms with Gasteiger partial charge in [0, 0.05) is 46.3 Å². The minimum atomic E-state index is -0.300. The van der Waals surface area contributed by atoms with Crippen molar-refractivity contribution in [3.63, 3.8) is 0 Å². The van der Waals surface area contributed by atoms with E-state index in [0.29, 0.717) is 37.2 Å². The van der Waals surface area contributed by atoms with Crippen molar-refractivity contribution in [2.75, 3.05) is 38.6 Å². The van der Waals surface area contributed by atoms with Crippen LogP contribution < -0.4 is 10.2 Å². The molecule has 9 heteroatoms. The van der Waals surface area contributed by atoms with E-state index in [2.05, 4.69) is 15.6 Å². The predicted octanol–water partition coefficient (Wildman–Crippen LogP) is 1.50. The van der Waals surface area contributed by atoms with Gasteiger partial charge in [0.1, 0.15) is 11.5 Å². The van der Waals surface area contributed by atoms with Crippen LogP contribution in [0.15, 0.2) is 4.52 Å². The minimum Gasteiger partial charge on any atom is -0.362 e. The van der Waals surface area contributed by atoms with E-state index in [-0.39, 0.29) is 23.0 Å². The lowest BCUT2D eigenvalue weighted by Crippen LogP contribution is -2.46. The van der Waals surface area contributed by atoms with Crippen molar-refractivity contribution < 1.29 is 14.1 Å². The van der Waals surface area contributed by atoms with Gasteiger partial charge in [-0.15, -0.1) is 0 Å². The Balaban J connectivity index is 1.59. The molecule has 2 amide bonds. The molecular formula is C20H28N6O3. The minimum absolute atomic E-state index is 0.131. The average molecular weight is 400 g/mol. The Kier molecular flexibility index (Phi) is 4.63. The third kappa shape index (κ3) is 2.99. The van der Waals surface area contributed by atoms with Crippen LogP contribution in [0.3, 0.4) is 0 Å². The molecule has 2 aromatic rings. The van der Waals surface area contributed by atoms with Crippen LogP contribution in [0.1, 0.15) is 41.1 Å². The molecule has 0 unspecified atom stereocenters. The molecule has 2 fully saturated rings. The number of anilines is 1. The van der Waals surface area contributed by atoms with E-state index in [1.807, 2.05) is 39.9 Å². The third-order valence-electron chi connectivity index (χ3n) is 6.35. The Morgan fingerprint density at radius 1 is 1.21 bits per heavy atom. The molecule has 4 rings (SSSR count). The highest BCUT2D eigenvalue weighted by Gasteiger charge is 2.45. The third-order valence-corrected chi connectivity index (χ3v) is 6.35. The van der Waals surface area contributed by atoms with Gasteiger partial charge in [-0.1, -0.05) is 5.16 Å². The summed E-state index contributed by atoms with van der Waals surface area (Å²) in [7, 11) is 5.78. The summed E-state index contributed by atoms with van der Waals surface area (Å²) in [5.74, 6) is 1.14. The molecule has 2 saturated heterocycles. The number of hydrogen-bond donors (Lipinski definition) is 1. The van der Waals surface area contributed by atoms with Crippen molar-refractivity contribution in [2.45, 2.75) is 33.1 Å². The smallest absolute Gasteiger partial charge is 0.292 e. The molecule has 9 nitrogen and oxygen atoms in total. The molecule has 0 atom stereocenters. The number of nitrogens with one attached hydrogen (secondary N) is 1. The zero-order valence-corrected chi connectivity index (χ0v) is 17.7. The molecule has 2 aliphatic heterocycles. The number of rotatable bonds is 3. The van der Waals surface area contributed by atoms with E-state index >= 15 is 0 Å². The number of aromatic nitrogens is 3. The van der Waals surface area contributed by atoms with Gasteiger partial charge in [-0.2, -0.15) is 5.10 Å². The first kappa shape index (κ1) is 19.5. The molecule has 4 heterocycles. The molecule has 0 saturated carbocycles. The number of hydrogen-bond acceptors (Lipinski definition) is 6. The SMILES string of the molecule is Cc1nn(C)c(N(C)C)c1-c1noc(C(=O)N2CCC3(CCNC3=O)CC2)c1C. The van der Waals surface area contributed by atoms with Crippen LogP contribution in [0.4, 0.5) is 5.82 Å². The zero-order valence-electron chi connectivity index (χ0n) is 17.7. The number of carbonyl (C=O) groups is 2. The van der Waals surface area contributed by atoms with Crippen molar-refractivity contribution in [1.82, 2.24) is 25.2 Å². The van der Waals surface area contributed by atoms with E-state index in [1.165, 1.54) is 0 Å². The zero-order chi connectivity index (χ0) is 20.9. The Labute approximate surface area is 170 Å². The van der Waals surface area contributed by atoms with Gasteiger partial charge in [0.25, 0.3) is 5.91 Å². The second kappa shape index (κ2) is 6.89. The average Bonchev–Trinajstić information content (AvgIpc) is 3.31. The molecule has 0 bridgehead atoms. The van der Waals surface area contributed by atoms with Gasteiger partial charge in [-0.3, -0.25) is 14.3 Å². The van der Waals surface area contributed by atoms with Crippen molar-refractivity contribution >= 4 is 17.6 Å². The van der Waals surface area contributed by atoms with Gasteiger partial charge in [-0.05, 0) is 33.1 Å². The van der Waals surface area contributed by atoms with E-state index in [4.69, 9.17) is 4.52 Å². The van der Waals surface area contributed by atoms with Gasteiger partial charge in [-0.25, -0.2) is 0 Å². The first-order chi connectivity index (χ1) is 13.7. The number of nitrogens with zero attached hydrogens (tertiary/aromatic N) is 5. The summed E-state index contributed by atoms with van der Waals surface area (Å²) in [6, 6.07) is 0. The van der Waals surface area contributed by atoms with Gasteiger partial charge in [0.2, 0.25) is 11.7 Å². The van der Waals surface area contributed by atoms with Crippen LogP contribution in [0.2, 0.25) is 0 Å². The first-order valence-corrected chi connectivity index (χ1v) is 10.0. The molecule has 156 valence electrons. The highest BCUT2D eigenvalue weighted by atomic mass is 16.5. The van der Waals surface area contributed by atoms with Crippen LogP contribution in [-0.2, 0) is 11.8 Å². The summed E-state index contributed by atoms with van der Waals surface area (Å²) in [6.45, 7) is 5.62. The lowest BCUT2D eigenvalue weighted by molar-refractivity contribution is -0.129. The van der Waals surface area contributed by atoms with Crippen molar-refractivity contribution in [3.05, 3.63) is 17.0 Å². The maximum Gasteiger partial charge on any atom is 0.292 e. The molecule has 2 aromatic heterocycles. The number of piperidine rings is 1. The lowest BCUT2D eigenvalue weighted by atomic mass is 9.77. The van der Waals surface area contributed by atoms with E-state index in [9.17, 15) is 9.59 Å². The molecule has 0 aromatic carbocycles. The summed E-state index contributed by atoms with van der Waals surface area (Å²) in [6.07, 6.45) is 2.24.